The third-order valence-electron chi connectivity index (χ3n) is 1.76. The number of carbonyl (C=O) groups is 1. The summed E-state index contributed by atoms with van der Waals surface area (Å²) in [5.41, 5.74) is 0.586. The third-order valence-corrected chi connectivity index (χ3v) is 4.51. The Balaban J connectivity index is 2.32. The van der Waals surface area contributed by atoms with Gasteiger partial charge in [-0.2, -0.15) is 0 Å². The van der Waals surface area contributed by atoms with Crippen LogP contribution < -0.4 is 0 Å². The Kier molecular flexibility index (Phi) is 2.30. The van der Waals surface area contributed by atoms with Gasteiger partial charge in [-0.1, -0.05) is 0 Å². The second kappa shape index (κ2) is 3.28. The summed E-state index contributed by atoms with van der Waals surface area (Å²) in [5, 5.41) is 9.43. The molecule has 0 bridgehead atoms. The molecule has 1 aliphatic heterocycles. The Morgan fingerprint density at radius 1 is 1.42 bits per heavy atom. The number of carbonyl (C=O) groups excluding carboxylic acids is 1. The van der Waals surface area contributed by atoms with E-state index in [1.54, 1.807) is 29.6 Å². The summed E-state index contributed by atoms with van der Waals surface area (Å²) in [7, 11) is 0. The molecule has 64 valence electrons. The standard InChI is InChI=1S/C8H8O2S2/c9-5-1-2-6(10)7(5)8-11-3-4-12-8/h1-2,5,9H,3-4H2. The van der Waals surface area contributed by atoms with Crippen LogP contribution in [0.4, 0.5) is 0 Å². The number of ketones is 1. The summed E-state index contributed by atoms with van der Waals surface area (Å²) in [6.45, 7) is 0. The predicted molar refractivity (Wildman–Crippen MR) is 52.1 cm³/mol. The van der Waals surface area contributed by atoms with Gasteiger partial charge in [0.15, 0.2) is 5.78 Å². The quantitative estimate of drug-likeness (QED) is 0.596. The fourth-order valence-electron chi connectivity index (χ4n) is 1.20. The van der Waals surface area contributed by atoms with Gasteiger partial charge in [-0.05, 0) is 12.2 Å². The van der Waals surface area contributed by atoms with E-state index in [1.807, 2.05) is 0 Å². The van der Waals surface area contributed by atoms with E-state index < -0.39 is 6.10 Å². The van der Waals surface area contributed by atoms with E-state index in [0.717, 1.165) is 15.7 Å². The van der Waals surface area contributed by atoms with Gasteiger partial charge in [-0.3, -0.25) is 4.79 Å². The maximum absolute atomic E-state index is 11.2. The highest BCUT2D eigenvalue weighted by atomic mass is 32.2. The smallest absolute Gasteiger partial charge is 0.186 e. The predicted octanol–water partition coefficient (Wildman–Crippen LogP) is 1.18. The van der Waals surface area contributed by atoms with Gasteiger partial charge >= 0.3 is 0 Å². The Morgan fingerprint density at radius 3 is 2.58 bits per heavy atom. The molecule has 1 N–H and O–H groups in total. The molecular weight excluding hydrogens is 192 g/mol. The zero-order valence-electron chi connectivity index (χ0n) is 6.32. The maximum atomic E-state index is 11.2. The Bertz CT molecular complexity index is 273. The first-order valence-corrected chi connectivity index (χ1v) is 5.66. The van der Waals surface area contributed by atoms with E-state index in [0.29, 0.717) is 5.57 Å². The van der Waals surface area contributed by atoms with Crippen molar-refractivity contribution in [3.8, 4) is 0 Å². The molecule has 0 saturated carbocycles. The molecule has 1 fully saturated rings. The van der Waals surface area contributed by atoms with Gasteiger partial charge in [0.1, 0.15) is 6.10 Å². The van der Waals surface area contributed by atoms with Crippen LogP contribution in [-0.4, -0.2) is 28.5 Å². The lowest BCUT2D eigenvalue weighted by atomic mass is 10.2. The van der Waals surface area contributed by atoms with Crippen molar-refractivity contribution in [1.29, 1.82) is 0 Å². The van der Waals surface area contributed by atoms with Crippen LogP contribution >= 0.6 is 23.5 Å². The molecular formula is C8H8O2S2. The van der Waals surface area contributed by atoms with Crippen LogP contribution in [0.1, 0.15) is 0 Å². The number of hydrogen-bond acceptors (Lipinski definition) is 4. The fraction of sp³-hybridized carbons (Fsp3) is 0.375. The number of aliphatic hydroxyl groups excluding tert-OH is 1. The van der Waals surface area contributed by atoms with Crippen molar-refractivity contribution in [2.24, 2.45) is 0 Å². The molecule has 0 amide bonds. The minimum absolute atomic E-state index is 0.0283. The van der Waals surface area contributed by atoms with Gasteiger partial charge in [-0.25, -0.2) is 0 Å². The molecule has 0 aromatic carbocycles. The average molecular weight is 200 g/mol. The number of rotatable bonds is 0. The zero-order chi connectivity index (χ0) is 8.55. The lowest BCUT2D eigenvalue weighted by Crippen LogP contribution is -2.08. The highest BCUT2D eigenvalue weighted by Crippen LogP contribution is 2.40. The zero-order valence-corrected chi connectivity index (χ0v) is 7.95. The van der Waals surface area contributed by atoms with Crippen molar-refractivity contribution >= 4 is 29.3 Å². The second-order valence-electron chi connectivity index (χ2n) is 2.57. The average Bonchev–Trinajstić information content (AvgIpc) is 2.61. The second-order valence-corrected chi connectivity index (χ2v) is 5.04. The number of allylic oxidation sites excluding steroid dienone is 1. The largest absolute Gasteiger partial charge is 0.384 e. The SMILES string of the molecule is O=C1C=CC(O)C1=C1SCCS1. The number of hydrogen-bond donors (Lipinski definition) is 1. The normalized spacial score (nSPS) is 29.1. The molecule has 1 unspecified atom stereocenters. The fourth-order valence-corrected chi connectivity index (χ4v) is 3.82. The molecule has 0 aromatic heterocycles. The highest BCUT2D eigenvalue weighted by Gasteiger charge is 2.27. The van der Waals surface area contributed by atoms with Crippen molar-refractivity contribution in [3.05, 3.63) is 22.0 Å². The van der Waals surface area contributed by atoms with Crippen molar-refractivity contribution < 1.29 is 9.90 Å². The summed E-state index contributed by atoms with van der Waals surface area (Å²) >= 11 is 3.34. The van der Waals surface area contributed by atoms with Crippen LogP contribution in [-0.2, 0) is 4.79 Å². The monoisotopic (exact) mass is 200 g/mol. The van der Waals surface area contributed by atoms with Crippen LogP contribution in [0.25, 0.3) is 0 Å². The Hall–Kier alpha value is -0.190. The Labute approximate surface area is 79.1 Å². The molecule has 0 radical (unpaired) electrons. The van der Waals surface area contributed by atoms with E-state index in [4.69, 9.17) is 0 Å². The number of aliphatic hydroxyl groups is 1. The van der Waals surface area contributed by atoms with E-state index in [9.17, 15) is 9.90 Å². The molecule has 2 rings (SSSR count). The van der Waals surface area contributed by atoms with Crippen LogP contribution in [0, 0.1) is 0 Å². The molecule has 0 aromatic rings. The van der Waals surface area contributed by atoms with Crippen molar-refractivity contribution in [2.75, 3.05) is 11.5 Å². The molecule has 1 atom stereocenters. The van der Waals surface area contributed by atoms with Crippen LogP contribution in [0.5, 0.6) is 0 Å². The van der Waals surface area contributed by atoms with Crippen molar-refractivity contribution in [1.82, 2.24) is 0 Å². The maximum Gasteiger partial charge on any atom is 0.186 e. The first kappa shape index (κ1) is 8.41. The molecule has 1 aliphatic carbocycles. The molecule has 1 saturated heterocycles. The van der Waals surface area contributed by atoms with E-state index >= 15 is 0 Å². The van der Waals surface area contributed by atoms with Gasteiger partial charge in [0, 0.05) is 11.5 Å². The molecule has 4 heteroatoms. The van der Waals surface area contributed by atoms with E-state index in [-0.39, 0.29) is 5.78 Å². The first-order valence-electron chi connectivity index (χ1n) is 3.69. The summed E-state index contributed by atoms with van der Waals surface area (Å²) in [4.78, 5) is 11.2. The minimum Gasteiger partial charge on any atom is -0.384 e. The van der Waals surface area contributed by atoms with Crippen LogP contribution in [0.15, 0.2) is 22.0 Å². The lowest BCUT2D eigenvalue weighted by molar-refractivity contribution is -0.111. The number of thioether (sulfide) groups is 2. The highest BCUT2D eigenvalue weighted by molar-refractivity contribution is 8.25. The molecule has 2 aliphatic rings. The summed E-state index contributed by atoms with van der Waals surface area (Å²) in [6.07, 6.45) is 2.34. The van der Waals surface area contributed by atoms with Gasteiger partial charge in [-0.15, -0.1) is 23.5 Å². The summed E-state index contributed by atoms with van der Waals surface area (Å²) in [5.74, 6) is 2.06. The minimum atomic E-state index is -0.661. The summed E-state index contributed by atoms with van der Waals surface area (Å²) in [6, 6.07) is 0. The lowest BCUT2D eigenvalue weighted by Gasteiger charge is -2.04. The molecule has 0 spiro atoms. The van der Waals surface area contributed by atoms with Gasteiger partial charge in [0.05, 0.1) is 9.81 Å². The van der Waals surface area contributed by atoms with Crippen molar-refractivity contribution in [2.45, 2.75) is 6.10 Å². The van der Waals surface area contributed by atoms with Gasteiger partial charge in [0.25, 0.3) is 0 Å². The van der Waals surface area contributed by atoms with Gasteiger partial charge in [0.2, 0.25) is 0 Å². The van der Waals surface area contributed by atoms with Crippen LogP contribution in [0.2, 0.25) is 0 Å². The van der Waals surface area contributed by atoms with Crippen molar-refractivity contribution in [3.63, 3.8) is 0 Å². The molecule has 2 nitrogen and oxygen atoms in total. The van der Waals surface area contributed by atoms with E-state index in [2.05, 4.69) is 0 Å². The topological polar surface area (TPSA) is 37.3 Å². The van der Waals surface area contributed by atoms with Gasteiger partial charge < -0.3 is 5.11 Å². The third kappa shape index (κ3) is 1.34. The van der Waals surface area contributed by atoms with E-state index in [1.165, 1.54) is 6.08 Å². The molecule has 1 heterocycles. The Morgan fingerprint density at radius 2 is 2.08 bits per heavy atom. The molecule has 12 heavy (non-hydrogen) atoms. The first-order chi connectivity index (χ1) is 5.79. The summed E-state index contributed by atoms with van der Waals surface area (Å²) < 4.78 is 1.01. The van der Waals surface area contributed by atoms with Crippen LogP contribution in [0.3, 0.4) is 0 Å².